The van der Waals surface area contributed by atoms with Gasteiger partial charge in [-0.05, 0) is 31.6 Å². The fraction of sp³-hybridized carbons (Fsp3) is 0.833. The summed E-state index contributed by atoms with van der Waals surface area (Å²) in [5.41, 5.74) is 5.85. The largest absolute Gasteiger partial charge is 0.350 e. The van der Waals surface area contributed by atoms with E-state index < -0.39 is 0 Å². The molecule has 2 saturated carbocycles. The Morgan fingerprint density at radius 1 is 1.00 bits per heavy atom. The van der Waals surface area contributed by atoms with Crippen LogP contribution in [0, 0.1) is 17.8 Å². The molecule has 6 nitrogen and oxygen atoms in total. The Labute approximate surface area is 143 Å². The molecule has 2 aliphatic carbocycles. The molecule has 3 atom stereocenters. The van der Waals surface area contributed by atoms with Gasteiger partial charge in [0.2, 0.25) is 17.7 Å². The van der Waals surface area contributed by atoms with Crippen molar-refractivity contribution in [2.24, 2.45) is 23.5 Å². The van der Waals surface area contributed by atoms with E-state index in [0.717, 1.165) is 38.5 Å². The second-order valence-electron chi connectivity index (χ2n) is 7.57. The van der Waals surface area contributed by atoms with E-state index in [4.69, 9.17) is 5.73 Å². The van der Waals surface area contributed by atoms with E-state index in [-0.39, 0.29) is 42.1 Å². The van der Waals surface area contributed by atoms with Crippen LogP contribution in [0.1, 0.15) is 57.8 Å². The van der Waals surface area contributed by atoms with E-state index in [1.165, 1.54) is 24.2 Å². The Kier molecular flexibility index (Phi) is 5.54. The quantitative estimate of drug-likeness (QED) is 0.738. The van der Waals surface area contributed by atoms with Crippen molar-refractivity contribution in [2.45, 2.75) is 63.8 Å². The molecule has 6 heteroatoms. The van der Waals surface area contributed by atoms with E-state index in [1.54, 1.807) is 0 Å². The van der Waals surface area contributed by atoms with Crippen molar-refractivity contribution in [3.05, 3.63) is 0 Å². The van der Waals surface area contributed by atoms with Crippen LogP contribution in [0.3, 0.4) is 0 Å². The van der Waals surface area contributed by atoms with Crippen LogP contribution in [0.15, 0.2) is 0 Å². The molecule has 3 N–H and O–H groups in total. The van der Waals surface area contributed by atoms with E-state index in [1.807, 2.05) is 0 Å². The van der Waals surface area contributed by atoms with Crippen LogP contribution in [0.4, 0.5) is 0 Å². The standard InChI is InChI=1S/C18H29N3O3/c19-10-15(12-6-2-1-3-7-12)20-16(22)11-21-17(23)13-8-4-5-9-14(13)18(21)24/h12-15H,1-11,19H2,(H,20,22). The van der Waals surface area contributed by atoms with Crippen LogP contribution in [-0.2, 0) is 14.4 Å². The first-order valence-electron chi connectivity index (χ1n) is 9.46. The molecular weight excluding hydrogens is 306 g/mol. The third-order valence-electron chi connectivity index (χ3n) is 6.05. The van der Waals surface area contributed by atoms with Crippen LogP contribution in [0.25, 0.3) is 0 Å². The Balaban J connectivity index is 1.57. The summed E-state index contributed by atoms with van der Waals surface area (Å²) in [6.45, 7) is 0.261. The number of amides is 3. The molecule has 0 aromatic rings. The summed E-state index contributed by atoms with van der Waals surface area (Å²) < 4.78 is 0. The van der Waals surface area contributed by atoms with Crippen molar-refractivity contribution >= 4 is 17.7 Å². The summed E-state index contributed by atoms with van der Waals surface area (Å²) >= 11 is 0. The van der Waals surface area contributed by atoms with E-state index in [0.29, 0.717) is 12.5 Å². The Hall–Kier alpha value is -1.43. The molecule has 3 unspecified atom stereocenters. The van der Waals surface area contributed by atoms with Crippen LogP contribution in [0.2, 0.25) is 0 Å². The van der Waals surface area contributed by atoms with Gasteiger partial charge >= 0.3 is 0 Å². The number of hydrogen-bond acceptors (Lipinski definition) is 4. The van der Waals surface area contributed by atoms with Gasteiger partial charge in [-0.25, -0.2) is 0 Å². The molecule has 3 fully saturated rings. The SMILES string of the molecule is NCC(NC(=O)CN1C(=O)C2CCCCC2C1=O)C1CCCCC1. The maximum atomic E-state index is 12.4. The number of nitrogens with two attached hydrogens (primary N) is 1. The van der Waals surface area contributed by atoms with Crippen LogP contribution >= 0.6 is 0 Å². The first-order valence-corrected chi connectivity index (χ1v) is 9.46. The predicted octanol–water partition coefficient (Wildman–Crippen LogP) is 1.19. The summed E-state index contributed by atoms with van der Waals surface area (Å²) in [5, 5.41) is 2.98. The highest BCUT2D eigenvalue weighted by molar-refractivity contribution is 6.07. The number of likely N-dealkylation sites (tertiary alicyclic amines) is 1. The summed E-state index contributed by atoms with van der Waals surface area (Å²) in [6, 6.07) is -0.0483. The summed E-state index contributed by atoms with van der Waals surface area (Å²) in [6.07, 6.45) is 9.35. The lowest BCUT2D eigenvalue weighted by Gasteiger charge is -2.30. The van der Waals surface area contributed by atoms with Gasteiger partial charge in [0, 0.05) is 12.6 Å². The molecule has 0 aromatic carbocycles. The van der Waals surface area contributed by atoms with E-state index in [9.17, 15) is 14.4 Å². The third kappa shape index (κ3) is 3.48. The van der Waals surface area contributed by atoms with Gasteiger partial charge in [-0.15, -0.1) is 0 Å². The van der Waals surface area contributed by atoms with Gasteiger partial charge in [-0.3, -0.25) is 19.3 Å². The monoisotopic (exact) mass is 335 g/mol. The summed E-state index contributed by atoms with van der Waals surface area (Å²) in [5.74, 6) is -0.523. The Morgan fingerprint density at radius 2 is 1.54 bits per heavy atom. The zero-order valence-corrected chi connectivity index (χ0v) is 14.3. The number of nitrogens with one attached hydrogen (secondary N) is 1. The molecule has 24 heavy (non-hydrogen) atoms. The number of nitrogens with zero attached hydrogens (tertiary/aromatic N) is 1. The molecule has 1 saturated heterocycles. The molecule has 1 aliphatic heterocycles. The van der Waals surface area contributed by atoms with E-state index in [2.05, 4.69) is 5.32 Å². The van der Waals surface area contributed by atoms with Crippen molar-refractivity contribution in [3.8, 4) is 0 Å². The van der Waals surface area contributed by atoms with Gasteiger partial charge < -0.3 is 11.1 Å². The highest BCUT2D eigenvalue weighted by Gasteiger charge is 2.48. The van der Waals surface area contributed by atoms with Gasteiger partial charge in [0.25, 0.3) is 0 Å². The highest BCUT2D eigenvalue weighted by Crippen LogP contribution is 2.37. The number of rotatable bonds is 5. The number of carbonyl (C=O) groups is 3. The first kappa shape index (κ1) is 17.4. The molecule has 0 bridgehead atoms. The number of imide groups is 1. The number of fused-ring (bicyclic) bond motifs is 1. The normalized spacial score (nSPS) is 29.5. The van der Waals surface area contributed by atoms with Crippen molar-refractivity contribution < 1.29 is 14.4 Å². The van der Waals surface area contributed by atoms with Gasteiger partial charge in [-0.2, -0.15) is 0 Å². The van der Waals surface area contributed by atoms with E-state index >= 15 is 0 Å². The summed E-state index contributed by atoms with van der Waals surface area (Å²) in [7, 11) is 0. The Bertz CT molecular complexity index is 478. The van der Waals surface area contributed by atoms with Crippen LogP contribution in [0.5, 0.6) is 0 Å². The first-order chi connectivity index (χ1) is 11.6. The predicted molar refractivity (Wildman–Crippen MR) is 89.7 cm³/mol. The molecular formula is C18H29N3O3. The van der Waals surface area contributed by atoms with Crippen molar-refractivity contribution in [1.29, 1.82) is 0 Å². The smallest absolute Gasteiger partial charge is 0.240 e. The second kappa shape index (κ2) is 7.64. The lowest BCUT2D eigenvalue weighted by atomic mass is 9.81. The summed E-state index contributed by atoms with van der Waals surface area (Å²) in [4.78, 5) is 38.5. The van der Waals surface area contributed by atoms with Gasteiger partial charge in [0.1, 0.15) is 6.54 Å². The fourth-order valence-electron chi connectivity index (χ4n) is 4.69. The molecule has 3 amide bonds. The van der Waals surface area contributed by atoms with Gasteiger partial charge in [0.05, 0.1) is 11.8 Å². The topological polar surface area (TPSA) is 92.5 Å². The lowest BCUT2D eigenvalue weighted by molar-refractivity contribution is -0.143. The molecule has 1 heterocycles. The minimum absolute atomic E-state index is 0.0483. The van der Waals surface area contributed by atoms with Crippen molar-refractivity contribution in [1.82, 2.24) is 10.2 Å². The molecule has 0 aromatic heterocycles. The minimum Gasteiger partial charge on any atom is -0.350 e. The maximum absolute atomic E-state index is 12.4. The van der Waals surface area contributed by atoms with Crippen LogP contribution < -0.4 is 11.1 Å². The molecule has 0 radical (unpaired) electrons. The third-order valence-corrected chi connectivity index (χ3v) is 6.05. The molecule has 134 valence electrons. The van der Waals surface area contributed by atoms with Gasteiger partial charge in [-0.1, -0.05) is 32.1 Å². The molecule has 0 spiro atoms. The lowest BCUT2D eigenvalue weighted by Crippen LogP contribution is -2.50. The zero-order valence-electron chi connectivity index (χ0n) is 14.3. The van der Waals surface area contributed by atoms with Crippen molar-refractivity contribution in [2.75, 3.05) is 13.1 Å². The van der Waals surface area contributed by atoms with Gasteiger partial charge in [0.15, 0.2) is 0 Å². The van der Waals surface area contributed by atoms with Crippen LogP contribution in [-0.4, -0.2) is 41.8 Å². The number of hydrogen-bond donors (Lipinski definition) is 2. The zero-order chi connectivity index (χ0) is 17.1. The second-order valence-corrected chi connectivity index (χ2v) is 7.57. The average Bonchev–Trinajstić information content (AvgIpc) is 2.86. The number of carbonyl (C=O) groups excluding carboxylic acids is 3. The molecule has 3 aliphatic rings. The maximum Gasteiger partial charge on any atom is 0.240 e. The average molecular weight is 335 g/mol. The van der Waals surface area contributed by atoms with Crippen molar-refractivity contribution in [3.63, 3.8) is 0 Å². The molecule has 3 rings (SSSR count). The minimum atomic E-state index is -0.253. The highest BCUT2D eigenvalue weighted by atomic mass is 16.2. The fourth-order valence-corrected chi connectivity index (χ4v) is 4.69. The Morgan fingerprint density at radius 3 is 2.08 bits per heavy atom.